The molecule has 2 atom stereocenters. The van der Waals surface area contributed by atoms with E-state index in [1.807, 2.05) is 43.3 Å². The molecule has 0 spiro atoms. The van der Waals surface area contributed by atoms with E-state index >= 15 is 0 Å². The van der Waals surface area contributed by atoms with E-state index in [1.165, 1.54) is 0 Å². The number of hydrogen-bond donors (Lipinski definition) is 2. The minimum Gasteiger partial charge on any atom is -0.395 e. The van der Waals surface area contributed by atoms with Gasteiger partial charge in [0.25, 0.3) is 0 Å². The fraction of sp³-hybridized carbons (Fsp3) is 0.455. The minimum absolute atomic E-state index is 0.0191. The van der Waals surface area contributed by atoms with Crippen LogP contribution in [0, 0.1) is 0 Å². The van der Waals surface area contributed by atoms with Crippen LogP contribution in [0.15, 0.2) is 28.7 Å². The molecule has 0 aliphatic carbocycles. The molecule has 0 bridgehead atoms. The van der Waals surface area contributed by atoms with Gasteiger partial charge in [-0.1, -0.05) is 34.1 Å². The average Bonchev–Trinajstić information content (AvgIpc) is 2.20. The molecule has 84 valence electrons. The summed E-state index contributed by atoms with van der Waals surface area (Å²) < 4.78 is 1.02. The van der Waals surface area contributed by atoms with Gasteiger partial charge >= 0.3 is 0 Å². The zero-order valence-corrected chi connectivity index (χ0v) is 10.6. The van der Waals surface area contributed by atoms with E-state index in [4.69, 9.17) is 10.8 Å². The van der Waals surface area contributed by atoms with Crippen LogP contribution in [0.1, 0.15) is 11.6 Å². The summed E-state index contributed by atoms with van der Waals surface area (Å²) in [7, 11) is 3.92. The highest BCUT2D eigenvalue weighted by atomic mass is 79.9. The number of aliphatic hydroxyl groups excluding tert-OH is 1. The number of likely N-dealkylation sites (N-methyl/N-ethyl adjacent to an activating group) is 1. The molecule has 0 fully saturated rings. The Hall–Kier alpha value is -0.420. The summed E-state index contributed by atoms with van der Waals surface area (Å²) in [6, 6.07) is 7.68. The van der Waals surface area contributed by atoms with Crippen molar-refractivity contribution in [3.63, 3.8) is 0 Å². The molecular formula is C11H17BrN2O. The summed E-state index contributed by atoms with van der Waals surface area (Å²) in [5.74, 6) is 0. The molecular weight excluding hydrogens is 256 g/mol. The highest BCUT2D eigenvalue weighted by Gasteiger charge is 2.22. The summed E-state index contributed by atoms with van der Waals surface area (Å²) in [5.41, 5.74) is 7.01. The molecule has 0 saturated heterocycles. The number of aliphatic hydroxyl groups is 1. The van der Waals surface area contributed by atoms with Crippen LogP contribution in [-0.2, 0) is 0 Å². The summed E-state index contributed by atoms with van der Waals surface area (Å²) in [5, 5.41) is 9.14. The van der Waals surface area contributed by atoms with E-state index < -0.39 is 0 Å². The third-order valence-electron chi connectivity index (χ3n) is 2.40. The quantitative estimate of drug-likeness (QED) is 0.871. The van der Waals surface area contributed by atoms with E-state index in [2.05, 4.69) is 15.9 Å². The monoisotopic (exact) mass is 272 g/mol. The molecule has 0 aromatic heterocycles. The zero-order chi connectivity index (χ0) is 11.4. The fourth-order valence-corrected chi connectivity index (χ4v) is 2.23. The van der Waals surface area contributed by atoms with Crippen molar-refractivity contribution in [2.75, 3.05) is 20.7 Å². The maximum absolute atomic E-state index is 9.14. The van der Waals surface area contributed by atoms with Crippen molar-refractivity contribution in [2.24, 2.45) is 5.73 Å². The molecule has 4 heteroatoms. The summed E-state index contributed by atoms with van der Waals surface area (Å²) in [6.07, 6.45) is 0. The van der Waals surface area contributed by atoms with Crippen LogP contribution in [0.25, 0.3) is 0 Å². The Morgan fingerprint density at radius 3 is 2.47 bits per heavy atom. The highest BCUT2D eigenvalue weighted by Crippen LogP contribution is 2.27. The van der Waals surface area contributed by atoms with Crippen LogP contribution in [0.2, 0.25) is 0 Å². The summed E-state index contributed by atoms with van der Waals surface area (Å²) in [6.45, 7) is -0.0236. The Kier molecular flexibility index (Phi) is 4.73. The largest absolute Gasteiger partial charge is 0.395 e. The Labute approximate surface area is 99.0 Å². The first kappa shape index (κ1) is 12.6. The molecule has 0 aliphatic heterocycles. The van der Waals surface area contributed by atoms with Gasteiger partial charge in [0.1, 0.15) is 0 Å². The van der Waals surface area contributed by atoms with Crippen LogP contribution < -0.4 is 5.73 Å². The number of nitrogens with zero attached hydrogens (tertiary/aromatic N) is 1. The number of rotatable bonds is 4. The molecule has 1 aromatic carbocycles. The van der Waals surface area contributed by atoms with Crippen LogP contribution in [0.3, 0.4) is 0 Å². The predicted molar refractivity (Wildman–Crippen MR) is 65.6 cm³/mol. The maximum Gasteiger partial charge on any atom is 0.0601 e. The molecule has 0 amide bonds. The lowest BCUT2D eigenvalue weighted by atomic mass is 9.99. The van der Waals surface area contributed by atoms with E-state index in [-0.39, 0.29) is 18.7 Å². The van der Waals surface area contributed by atoms with Crippen molar-refractivity contribution >= 4 is 15.9 Å². The lowest BCUT2D eigenvalue weighted by molar-refractivity contribution is 0.181. The Morgan fingerprint density at radius 1 is 1.40 bits per heavy atom. The Morgan fingerprint density at radius 2 is 2.00 bits per heavy atom. The smallest absolute Gasteiger partial charge is 0.0601 e. The molecule has 2 unspecified atom stereocenters. The van der Waals surface area contributed by atoms with Crippen LogP contribution >= 0.6 is 15.9 Å². The van der Waals surface area contributed by atoms with Crippen molar-refractivity contribution < 1.29 is 5.11 Å². The molecule has 1 aromatic rings. The third kappa shape index (κ3) is 3.01. The minimum atomic E-state index is -0.279. The van der Waals surface area contributed by atoms with Crippen molar-refractivity contribution in [1.29, 1.82) is 0 Å². The summed E-state index contributed by atoms with van der Waals surface area (Å²) in [4.78, 5) is 2.01. The van der Waals surface area contributed by atoms with E-state index in [9.17, 15) is 0 Å². The first-order valence-electron chi connectivity index (χ1n) is 4.85. The first-order chi connectivity index (χ1) is 7.07. The van der Waals surface area contributed by atoms with Gasteiger partial charge in [-0.3, -0.25) is 0 Å². The first-order valence-corrected chi connectivity index (χ1v) is 5.64. The van der Waals surface area contributed by atoms with Gasteiger partial charge in [0, 0.05) is 10.5 Å². The van der Waals surface area contributed by atoms with Crippen LogP contribution in [0.4, 0.5) is 0 Å². The lowest BCUT2D eigenvalue weighted by Crippen LogP contribution is -2.40. The fourth-order valence-electron chi connectivity index (χ4n) is 1.71. The zero-order valence-electron chi connectivity index (χ0n) is 9.02. The molecule has 0 aliphatic rings. The molecule has 3 nitrogen and oxygen atoms in total. The van der Waals surface area contributed by atoms with Gasteiger partial charge in [-0.15, -0.1) is 0 Å². The molecule has 3 N–H and O–H groups in total. The number of hydrogen-bond acceptors (Lipinski definition) is 3. The third-order valence-corrected chi connectivity index (χ3v) is 3.12. The van der Waals surface area contributed by atoms with Gasteiger partial charge in [-0.05, 0) is 25.7 Å². The predicted octanol–water partition coefficient (Wildman–Crippen LogP) is 1.37. The van der Waals surface area contributed by atoms with E-state index in [1.54, 1.807) is 0 Å². The van der Waals surface area contributed by atoms with Crippen molar-refractivity contribution in [1.82, 2.24) is 4.90 Å². The van der Waals surface area contributed by atoms with Crippen molar-refractivity contribution in [3.8, 4) is 0 Å². The Balaban J connectivity index is 3.04. The van der Waals surface area contributed by atoms with Gasteiger partial charge in [0.05, 0.1) is 12.6 Å². The number of nitrogens with two attached hydrogens (primary N) is 1. The van der Waals surface area contributed by atoms with Gasteiger partial charge < -0.3 is 15.7 Å². The second-order valence-electron chi connectivity index (χ2n) is 3.78. The number of halogens is 1. The van der Waals surface area contributed by atoms with Crippen molar-refractivity contribution in [2.45, 2.75) is 12.1 Å². The SMILES string of the molecule is CN(C)C(c1ccccc1Br)C(N)CO. The highest BCUT2D eigenvalue weighted by molar-refractivity contribution is 9.10. The number of benzene rings is 1. The van der Waals surface area contributed by atoms with E-state index in [0.29, 0.717) is 0 Å². The standard InChI is InChI=1S/C11H17BrN2O/c1-14(2)11(10(13)7-15)8-5-3-4-6-9(8)12/h3-6,10-11,15H,7,13H2,1-2H3. The van der Waals surface area contributed by atoms with Gasteiger partial charge in [0.2, 0.25) is 0 Å². The second kappa shape index (κ2) is 5.61. The normalized spacial score (nSPS) is 15.3. The lowest BCUT2D eigenvalue weighted by Gasteiger charge is -2.30. The molecule has 0 heterocycles. The molecule has 1 rings (SSSR count). The average molecular weight is 273 g/mol. The van der Waals surface area contributed by atoms with E-state index in [0.717, 1.165) is 10.0 Å². The molecule has 0 radical (unpaired) electrons. The van der Waals surface area contributed by atoms with Gasteiger partial charge in [-0.2, -0.15) is 0 Å². The second-order valence-corrected chi connectivity index (χ2v) is 4.63. The van der Waals surface area contributed by atoms with Crippen molar-refractivity contribution in [3.05, 3.63) is 34.3 Å². The van der Waals surface area contributed by atoms with Crippen LogP contribution in [0.5, 0.6) is 0 Å². The Bertz CT molecular complexity index is 317. The van der Waals surface area contributed by atoms with Gasteiger partial charge in [-0.25, -0.2) is 0 Å². The molecule has 0 saturated carbocycles. The van der Waals surface area contributed by atoms with Crippen LogP contribution in [-0.4, -0.2) is 36.8 Å². The topological polar surface area (TPSA) is 49.5 Å². The maximum atomic E-state index is 9.14. The summed E-state index contributed by atoms with van der Waals surface area (Å²) >= 11 is 3.50. The molecule has 15 heavy (non-hydrogen) atoms. The van der Waals surface area contributed by atoms with Gasteiger partial charge in [0.15, 0.2) is 0 Å².